The molecule has 82 valence electrons. The summed E-state index contributed by atoms with van der Waals surface area (Å²) in [4.78, 5) is 7.99. The Bertz CT molecular complexity index is 296. The van der Waals surface area contributed by atoms with Crippen LogP contribution in [0, 0.1) is 0 Å². The molecule has 2 rings (SSSR count). The molecule has 3 nitrogen and oxygen atoms in total. The van der Waals surface area contributed by atoms with Gasteiger partial charge in [0.1, 0.15) is 6.33 Å². The van der Waals surface area contributed by atoms with Crippen LogP contribution >= 0.6 is 11.8 Å². The van der Waals surface area contributed by atoms with E-state index in [1.165, 1.54) is 18.6 Å². The molecule has 0 aromatic carbocycles. The summed E-state index contributed by atoms with van der Waals surface area (Å²) in [6.07, 6.45) is 7.99. The Morgan fingerprint density at radius 3 is 2.93 bits per heavy atom. The second kappa shape index (κ2) is 4.94. The first kappa shape index (κ1) is 10.9. The molecule has 1 fully saturated rings. The van der Waals surface area contributed by atoms with Gasteiger partial charge in [0.05, 0.1) is 0 Å². The number of nitrogens with one attached hydrogen (secondary N) is 1. The number of rotatable bonds is 4. The van der Waals surface area contributed by atoms with Gasteiger partial charge in [0, 0.05) is 35.8 Å². The van der Waals surface area contributed by atoms with Crippen molar-refractivity contribution in [2.24, 2.45) is 0 Å². The lowest BCUT2D eigenvalue weighted by molar-refractivity contribution is 0.536. The van der Waals surface area contributed by atoms with Crippen molar-refractivity contribution in [1.29, 1.82) is 0 Å². The van der Waals surface area contributed by atoms with Crippen molar-refractivity contribution in [3.8, 4) is 0 Å². The molecule has 0 bridgehead atoms. The first-order valence-corrected chi connectivity index (χ1v) is 6.36. The van der Waals surface area contributed by atoms with Gasteiger partial charge in [0.2, 0.25) is 0 Å². The summed E-state index contributed by atoms with van der Waals surface area (Å²) < 4.78 is 0.440. The van der Waals surface area contributed by atoms with Gasteiger partial charge in [-0.1, -0.05) is 0 Å². The van der Waals surface area contributed by atoms with E-state index >= 15 is 0 Å². The molecule has 1 aromatic rings. The Balaban J connectivity index is 1.75. The molecule has 0 amide bonds. The fourth-order valence-electron chi connectivity index (χ4n) is 1.87. The zero-order chi connectivity index (χ0) is 10.6. The molecule has 0 spiro atoms. The first-order valence-electron chi connectivity index (χ1n) is 5.37. The molecule has 1 unspecified atom stereocenters. The van der Waals surface area contributed by atoms with E-state index in [0.717, 1.165) is 18.7 Å². The summed E-state index contributed by atoms with van der Waals surface area (Å²) in [5, 5.41) is 3.48. The highest BCUT2D eigenvalue weighted by Crippen LogP contribution is 2.36. The molecule has 1 N–H and O–H groups in total. The van der Waals surface area contributed by atoms with E-state index in [1.54, 1.807) is 6.33 Å². The number of aromatic nitrogens is 2. The molecule has 1 atom stereocenters. The predicted molar refractivity (Wildman–Crippen MR) is 63.8 cm³/mol. The van der Waals surface area contributed by atoms with Gasteiger partial charge in [0.25, 0.3) is 0 Å². The zero-order valence-corrected chi connectivity index (χ0v) is 9.89. The Labute approximate surface area is 95.1 Å². The van der Waals surface area contributed by atoms with E-state index in [2.05, 4.69) is 34.0 Å². The van der Waals surface area contributed by atoms with Crippen LogP contribution in [0.3, 0.4) is 0 Å². The fraction of sp³-hybridized carbons (Fsp3) is 0.636. The lowest BCUT2D eigenvalue weighted by Crippen LogP contribution is -2.32. The van der Waals surface area contributed by atoms with E-state index in [9.17, 15) is 0 Å². The van der Waals surface area contributed by atoms with Gasteiger partial charge in [-0.05, 0) is 25.5 Å². The lowest BCUT2D eigenvalue weighted by atomic mass is 10.1. The van der Waals surface area contributed by atoms with Crippen LogP contribution in [-0.2, 0) is 6.54 Å². The maximum Gasteiger partial charge on any atom is 0.115 e. The fourth-order valence-corrected chi connectivity index (χ4v) is 3.14. The smallest absolute Gasteiger partial charge is 0.115 e. The average molecular weight is 223 g/mol. The van der Waals surface area contributed by atoms with Gasteiger partial charge in [0.15, 0.2) is 0 Å². The first-order chi connectivity index (χ1) is 7.29. The van der Waals surface area contributed by atoms with Gasteiger partial charge in [-0.2, -0.15) is 11.8 Å². The van der Waals surface area contributed by atoms with Crippen LogP contribution in [0.1, 0.15) is 25.3 Å². The minimum absolute atomic E-state index is 0.440. The third kappa shape index (κ3) is 3.18. The van der Waals surface area contributed by atoms with E-state index in [1.807, 2.05) is 12.4 Å². The second-order valence-corrected chi connectivity index (χ2v) is 5.93. The van der Waals surface area contributed by atoms with Crippen LogP contribution in [0.2, 0.25) is 0 Å². The third-order valence-electron chi connectivity index (χ3n) is 2.74. The summed E-state index contributed by atoms with van der Waals surface area (Å²) in [7, 11) is 0. The molecule has 1 aliphatic heterocycles. The van der Waals surface area contributed by atoms with Crippen LogP contribution in [0.4, 0.5) is 0 Å². The number of hydrogen-bond acceptors (Lipinski definition) is 4. The van der Waals surface area contributed by atoms with Gasteiger partial charge in [-0.15, -0.1) is 0 Å². The second-order valence-electron chi connectivity index (χ2n) is 4.25. The summed E-state index contributed by atoms with van der Waals surface area (Å²) in [6, 6.07) is 0. The van der Waals surface area contributed by atoms with Crippen LogP contribution in [0.5, 0.6) is 0 Å². The van der Waals surface area contributed by atoms with Crippen molar-refractivity contribution in [3.05, 3.63) is 24.3 Å². The van der Waals surface area contributed by atoms with Gasteiger partial charge < -0.3 is 5.32 Å². The van der Waals surface area contributed by atoms with Crippen molar-refractivity contribution in [2.75, 3.05) is 12.3 Å². The summed E-state index contributed by atoms with van der Waals surface area (Å²) in [5.41, 5.74) is 1.16. The van der Waals surface area contributed by atoms with E-state index in [4.69, 9.17) is 0 Å². The minimum Gasteiger partial charge on any atom is -0.311 e. The topological polar surface area (TPSA) is 37.8 Å². The van der Waals surface area contributed by atoms with Crippen LogP contribution < -0.4 is 5.32 Å². The van der Waals surface area contributed by atoms with Gasteiger partial charge in [-0.3, -0.25) is 0 Å². The molecular weight excluding hydrogens is 206 g/mol. The van der Waals surface area contributed by atoms with Crippen molar-refractivity contribution >= 4 is 11.8 Å². The Morgan fingerprint density at radius 2 is 2.27 bits per heavy atom. The molecule has 0 aliphatic carbocycles. The predicted octanol–water partition coefficient (Wildman–Crippen LogP) is 1.85. The van der Waals surface area contributed by atoms with Crippen molar-refractivity contribution in [3.63, 3.8) is 0 Å². The summed E-state index contributed by atoms with van der Waals surface area (Å²) >= 11 is 2.09. The molecule has 1 aliphatic rings. The Hall–Kier alpha value is -0.610. The van der Waals surface area contributed by atoms with Crippen molar-refractivity contribution in [2.45, 2.75) is 31.1 Å². The van der Waals surface area contributed by atoms with E-state index in [-0.39, 0.29) is 0 Å². The highest BCUT2D eigenvalue weighted by atomic mass is 32.2. The zero-order valence-electron chi connectivity index (χ0n) is 9.07. The molecule has 0 radical (unpaired) electrons. The number of thioether (sulfide) groups is 1. The molecule has 2 heterocycles. The monoisotopic (exact) mass is 223 g/mol. The van der Waals surface area contributed by atoms with Crippen LogP contribution in [-0.4, -0.2) is 27.0 Å². The maximum absolute atomic E-state index is 4.00. The highest BCUT2D eigenvalue weighted by molar-refractivity contribution is 8.00. The molecule has 1 aromatic heterocycles. The third-order valence-corrected chi connectivity index (χ3v) is 4.28. The summed E-state index contributed by atoms with van der Waals surface area (Å²) in [5.74, 6) is 1.31. The quantitative estimate of drug-likeness (QED) is 0.845. The molecule has 1 saturated heterocycles. The molecule has 15 heavy (non-hydrogen) atoms. The van der Waals surface area contributed by atoms with Crippen LogP contribution in [0.25, 0.3) is 0 Å². The average Bonchev–Trinajstić information content (AvgIpc) is 2.67. The SMILES string of the molecule is CC1(CNCc2cncnc2)CCCS1. The summed E-state index contributed by atoms with van der Waals surface area (Å²) in [6.45, 7) is 4.29. The maximum atomic E-state index is 4.00. The van der Waals surface area contributed by atoms with Gasteiger partial charge >= 0.3 is 0 Å². The lowest BCUT2D eigenvalue weighted by Gasteiger charge is -2.22. The molecule has 4 heteroatoms. The van der Waals surface area contributed by atoms with E-state index in [0.29, 0.717) is 4.75 Å². The minimum atomic E-state index is 0.440. The number of nitrogens with zero attached hydrogens (tertiary/aromatic N) is 2. The standard InChI is InChI=1S/C11H17N3S/c1-11(3-2-4-15-11)8-12-5-10-6-13-9-14-7-10/h6-7,9,12H,2-5,8H2,1H3. The van der Waals surface area contributed by atoms with Gasteiger partial charge in [-0.25, -0.2) is 9.97 Å². The Kier molecular flexibility index (Phi) is 3.59. The Morgan fingerprint density at radius 1 is 1.47 bits per heavy atom. The van der Waals surface area contributed by atoms with Crippen LogP contribution in [0.15, 0.2) is 18.7 Å². The van der Waals surface area contributed by atoms with E-state index < -0.39 is 0 Å². The molecular formula is C11H17N3S. The van der Waals surface area contributed by atoms with Crippen molar-refractivity contribution < 1.29 is 0 Å². The largest absolute Gasteiger partial charge is 0.311 e. The highest BCUT2D eigenvalue weighted by Gasteiger charge is 2.28. The molecule has 0 saturated carbocycles. The van der Waals surface area contributed by atoms with Crippen molar-refractivity contribution in [1.82, 2.24) is 15.3 Å². The number of hydrogen-bond donors (Lipinski definition) is 1. The normalized spacial score (nSPS) is 25.7.